The molecule has 2 rings (SSSR count). The van der Waals surface area contributed by atoms with Crippen LogP contribution in [0.25, 0.3) is 0 Å². The molecule has 2 saturated heterocycles. The van der Waals surface area contributed by atoms with Crippen molar-refractivity contribution in [3.63, 3.8) is 0 Å². The van der Waals surface area contributed by atoms with Crippen LogP contribution in [0.1, 0.15) is 12.8 Å². The normalized spacial score (nSPS) is 30.5. The molecule has 1 amide bonds. The second-order valence-electron chi connectivity index (χ2n) is 3.52. The fourth-order valence-electron chi connectivity index (χ4n) is 1.74. The van der Waals surface area contributed by atoms with Gasteiger partial charge < -0.3 is 10.6 Å². The van der Waals surface area contributed by atoms with Gasteiger partial charge in [0.25, 0.3) is 5.91 Å². The summed E-state index contributed by atoms with van der Waals surface area (Å²) in [7, 11) is 0. The van der Waals surface area contributed by atoms with Crippen molar-refractivity contribution in [2.45, 2.75) is 24.9 Å². The molecule has 1 unspecified atom stereocenters. The predicted molar refractivity (Wildman–Crippen MR) is 46.9 cm³/mol. The van der Waals surface area contributed by atoms with Crippen LogP contribution < -0.4 is 16.1 Å². The van der Waals surface area contributed by atoms with Gasteiger partial charge in [0.2, 0.25) is 0 Å². The average molecular weight is 185 g/mol. The highest BCUT2D eigenvalue weighted by molar-refractivity contribution is 5.82. The quantitative estimate of drug-likeness (QED) is 0.503. The van der Waals surface area contributed by atoms with Crippen molar-refractivity contribution in [3.05, 3.63) is 0 Å². The lowest BCUT2D eigenvalue weighted by Crippen LogP contribution is -2.48. The van der Waals surface area contributed by atoms with Crippen LogP contribution in [-0.2, 0) is 9.63 Å². The molecule has 2 aliphatic rings. The molecule has 5 nitrogen and oxygen atoms in total. The van der Waals surface area contributed by atoms with Gasteiger partial charge in [-0.05, 0) is 25.9 Å². The van der Waals surface area contributed by atoms with E-state index in [0.29, 0.717) is 12.6 Å². The molecule has 0 spiro atoms. The van der Waals surface area contributed by atoms with E-state index < -0.39 is 0 Å². The summed E-state index contributed by atoms with van der Waals surface area (Å²) in [6.07, 6.45) is 2.17. The van der Waals surface area contributed by atoms with E-state index >= 15 is 0 Å². The van der Waals surface area contributed by atoms with E-state index in [4.69, 9.17) is 4.84 Å². The van der Waals surface area contributed by atoms with E-state index in [1.54, 1.807) is 0 Å². The Balaban J connectivity index is 1.79. The highest BCUT2D eigenvalue weighted by atomic mass is 16.7. The van der Waals surface area contributed by atoms with Gasteiger partial charge in [-0.3, -0.25) is 9.63 Å². The number of carbonyl (C=O) groups is 1. The molecule has 0 saturated carbocycles. The standard InChI is InChI=1S/C8H15N3O2/c12-8-7(5-13-11-8)10-6-1-3-9-4-2-6/h6-7,9-10H,1-5H2,(H,11,12). The molecule has 2 fully saturated rings. The smallest absolute Gasteiger partial charge is 0.263 e. The zero-order valence-corrected chi connectivity index (χ0v) is 7.51. The van der Waals surface area contributed by atoms with E-state index in [1.165, 1.54) is 0 Å². The molecule has 13 heavy (non-hydrogen) atoms. The van der Waals surface area contributed by atoms with Crippen LogP contribution in [0.2, 0.25) is 0 Å². The molecule has 0 aromatic heterocycles. The number of hydrogen-bond donors (Lipinski definition) is 3. The van der Waals surface area contributed by atoms with E-state index in [9.17, 15) is 4.79 Å². The van der Waals surface area contributed by atoms with Gasteiger partial charge in [-0.2, -0.15) is 0 Å². The Kier molecular flexibility index (Phi) is 2.77. The number of piperidine rings is 1. The lowest BCUT2D eigenvalue weighted by molar-refractivity contribution is -0.125. The van der Waals surface area contributed by atoms with E-state index in [-0.39, 0.29) is 11.9 Å². The Hall–Kier alpha value is -0.650. The number of hydroxylamine groups is 1. The monoisotopic (exact) mass is 185 g/mol. The predicted octanol–water partition coefficient (Wildman–Crippen LogP) is -1.24. The Morgan fingerprint density at radius 3 is 2.77 bits per heavy atom. The summed E-state index contributed by atoms with van der Waals surface area (Å²) in [5.41, 5.74) is 2.34. The Bertz CT molecular complexity index is 192. The average Bonchev–Trinajstić information content (AvgIpc) is 2.54. The van der Waals surface area contributed by atoms with Crippen molar-refractivity contribution >= 4 is 5.91 Å². The molecule has 0 aliphatic carbocycles. The SMILES string of the molecule is O=C1NOCC1NC1CCNCC1. The minimum absolute atomic E-state index is 0.0430. The van der Waals surface area contributed by atoms with Crippen LogP contribution in [0.15, 0.2) is 0 Å². The summed E-state index contributed by atoms with van der Waals surface area (Å²) in [5.74, 6) is -0.0430. The van der Waals surface area contributed by atoms with Gasteiger partial charge >= 0.3 is 0 Å². The van der Waals surface area contributed by atoms with Crippen LogP contribution in [0.3, 0.4) is 0 Å². The van der Waals surface area contributed by atoms with Crippen molar-refractivity contribution in [3.8, 4) is 0 Å². The molecule has 5 heteroatoms. The summed E-state index contributed by atoms with van der Waals surface area (Å²) in [6, 6.07) is 0.307. The Morgan fingerprint density at radius 1 is 1.38 bits per heavy atom. The number of amides is 1. The highest BCUT2D eigenvalue weighted by Crippen LogP contribution is 2.05. The summed E-state index contributed by atoms with van der Waals surface area (Å²) in [5, 5.41) is 6.57. The fourth-order valence-corrected chi connectivity index (χ4v) is 1.74. The molecule has 0 aromatic rings. The maximum Gasteiger partial charge on any atom is 0.263 e. The third-order valence-corrected chi connectivity index (χ3v) is 2.52. The van der Waals surface area contributed by atoms with Crippen molar-refractivity contribution in [2.75, 3.05) is 19.7 Å². The van der Waals surface area contributed by atoms with Gasteiger partial charge in [-0.25, -0.2) is 5.48 Å². The second-order valence-corrected chi connectivity index (χ2v) is 3.52. The van der Waals surface area contributed by atoms with Gasteiger partial charge in [0.05, 0.1) is 6.61 Å². The Labute approximate surface area is 77.2 Å². The number of hydrogen-bond acceptors (Lipinski definition) is 4. The molecule has 2 heterocycles. The lowest BCUT2D eigenvalue weighted by Gasteiger charge is -2.25. The lowest BCUT2D eigenvalue weighted by atomic mass is 10.1. The maximum absolute atomic E-state index is 11.1. The molecule has 74 valence electrons. The van der Waals surface area contributed by atoms with Gasteiger partial charge in [0, 0.05) is 6.04 Å². The van der Waals surface area contributed by atoms with E-state index in [1.807, 2.05) is 0 Å². The van der Waals surface area contributed by atoms with Crippen LogP contribution >= 0.6 is 0 Å². The zero-order valence-electron chi connectivity index (χ0n) is 7.51. The molecule has 3 N–H and O–H groups in total. The summed E-state index contributed by atoms with van der Waals surface area (Å²) in [6.45, 7) is 2.52. The van der Waals surface area contributed by atoms with Crippen LogP contribution in [0, 0.1) is 0 Å². The highest BCUT2D eigenvalue weighted by Gasteiger charge is 2.28. The summed E-state index contributed by atoms with van der Waals surface area (Å²) >= 11 is 0. The minimum Gasteiger partial charge on any atom is -0.317 e. The van der Waals surface area contributed by atoms with Gasteiger partial charge in [0.15, 0.2) is 0 Å². The third-order valence-electron chi connectivity index (χ3n) is 2.52. The van der Waals surface area contributed by atoms with Gasteiger partial charge in [-0.15, -0.1) is 0 Å². The first-order valence-corrected chi connectivity index (χ1v) is 4.74. The molecule has 0 radical (unpaired) electrons. The number of rotatable bonds is 2. The van der Waals surface area contributed by atoms with E-state index in [0.717, 1.165) is 25.9 Å². The van der Waals surface area contributed by atoms with Gasteiger partial charge in [0.1, 0.15) is 6.04 Å². The van der Waals surface area contributed by atoms with Crippen LogP contribution in [-0.4, -0.2) is 37.7 Å². The largest absolute Gasteiger partial charge is 0.317 e. The molecule has 1 atom stereocenters. The van der Waals surface area contributed by atoms with Gasteiger partial charge in [-0.1, -0.05) is 0 Å². The topological polar surface area (TPSA) is 62.4 Å². The van der Waals surface area contributed by atoms with Crippen LogP contribution in [0.5, 0.6) is 0 Å². The zero-order chi connectivity index (χ0) is 9.10. The third kappa shape index (κ3) is 2.18. The second kappa shape index (κ2) is 4.04. The summed E-state index contributed by atoms with van der Waals surface area (Å²) < 4.78 is 0. The first-order chi connectivity index (χ1) is 6.36. The first kappa shape index (κ1) is 8.93. The molecular formula is C8H15N3O2. The van der Waals surface area contributed by atoms with Crippen molar-refractivity contribution < 1.29 is 9.63 Å². The molecule has 0 bridgehead atoms. The van der Waals surface area contributed by atoms with Crippen molar-refractivity contribution in [1.82, 2.24) is 16.1 Å². The van der Waals surface area contributed by atoms with Crippen molar-refractivity contribution in [1.29, 1.82) is 0 Å². The van der Waals surface area contributed by atoms with Crippen LogP contribution in [0.4, 0.5) is 0 Å². The molecular weight excluding hydrogens is 170 g/mol. The molecule has 0 aromatic carbocycles. The van der Waals surface area contributed by atoms with Crippen molar-refractivity contribution in [2.24, 2.45) is 0 Å². The number of nitrogens with one attached hydrogen (secondary N) is 3. The minimum atomic E-state index is -0.150. The number of carbonyl (C=O) groups excluding carboxylic acids is 1. The maximum atomic E-state index is 11.1. The fraction of sp³-hybridized carbons (Fsp3) is 0.875. The Morgan fingerprint density at radius 2 is 2.15 bits per heavy atom. The van der Waals surface area contributed by atoms with E-state index in [2.05, 4.69) is 16.1 Å². The first-order valence-electron chi connectivity index (χ1n) is 4.74. The molecule has 2 aliphatic heterocycles. The summed E-state index contributed by atoms with van der Waals surface area (Å²) in [4.78, 5) is 16.0.